The molecule has 2 heterocycles. The molecule has 1 aromatic carbocycles. The van der Waals surface area contributed by atoms with Gasteiger partial charge in [0, 0.05) is 47.7 Å². The molecule has 5 heteroatoms. The van der Waals surface area contributed by atoms with Gasteiger partial charge in [-0.1, -0.05) is 15.9 Å². The first-order valence-electron chi connectivity index (χ1n) is 7.09. The van der Waals surface area contributed by atoms with E-state index in [2.05, 4.69) is 38.3 Å². The molecule has 2 atom stereocenters. The Balaban J connectivity index is 1.42. The van der Waals surface area contributed by atoms with Crippen LogP contribution in [0, 0.1) is 11.8 Å². The van der Waals surface area contributed by atoms with E-state index in [1.165, 1.54) is 4.90 Å². The largest absolute Gasteiger partial charge is 0.342 e. The van der Waals surface area contributed by atoms with Crippen molar-refractivity contribution in [3.05, 3.63) is 28.7 Å². The van der Waals surface area contributed by atoms with Crippen LogP contribution < -0.4 is 5.32 Å². The van der Waals surface area contributed by atoms with E-state index in [0.29, 0.717) is 24.2 Å². The number of carbonyl (C=O) groups is 1. The van der Waals surface area contributed by atoms with Crippen LogP contribution in [0.5, 0.6) is 0 Å². The zero-order valence-electron chi connectivity index (χ0n) is 11.3. The van der Waals surface area contributed by atoms with E-state index < -0.39 is 0 Å². The molecule has 0 radical (unpaired) electrons. The first kappa shape index (κ1) is 14.4. The molecule has 2 aliphatic rings. The van der Waals surface area contributed by atoms with Gasteiger partial charge < -0.3 is 10.2 Å². The van der Waals surface area contributed by atoms with Gasteiger partial charge in [-0.25, -0.2) is 0 Å². The second-order valence-electron chi connectivity index (χ2n) is 5.53. The van der Waals surface area contributed by atoms with Gasteiger partial charge >= 0.3 is 0 Å². The van der Waals surface area contributed by atoms with Gasteiger partial charge in [-0.05, 0) is 36.1 Å². The summed E-state index contributed by atoms with van der Waals surface area (Å²) in [4.78, 5) is 15.5. The van der Waals surface area contributed by atoms with Crippen molar-refractivity contribution in [3.8, 4) is 0 Å². The monoisotopic (exact) mass is 354 g/mol. The van der Waals surface area contributed by atoms with E-state index in [1.807, 2.05) is 12.1 Å². The average Bonchev–Trinajstić information content (AvgIpc) is 3.02. The van der Waals surface area contributed by atoms with Crippen LogP contribution in [-0.2, 0) is 4.79 Å². The minimum Gasteiger partial charge on any atom is -0.342 e. The lowest BCUT2D eigenvalue weighted by atomic mass is 10.0. The van der Waals surface area contributed by atoms with Crippen molar-refractivity contribution in [1.29, 1.82) is 0 Å². The maximum absolute atomic E-state index is 12.2. The van der Waals surface area contributed by atoms with Crippen molar-refractivity contribution in [3.63, 3.8) is 0 Å². The molecule has 0 unspecified atom stereocenters. The number of nitrogens with zero attached hydrogens (tertiary/aromatic N) is 1. The fourth-order valence-electron chi connectivity index (χ4n) is 3.00. The maximum atomic E-state index is 12.2. The molecular weight excluding hydrogens is 336 g/mol. The molecule has 108 valence electrons. The molecule has 20 heavy (non-hydrogen) atoms. The number of hydrogen-bond donors (Lipinski definition) is 1. The summed E-state index contributed by atoms with van der Waals surface area (Å²) >= 11 is 5.19. The van der Waals surface area contributed by atoms with Crippen molar-refractivity contribution in [1.82, 2.24) is 10.2 Å². The molecule has 2 saturated heterocycles. The first-order chi connectivity index (χ1) is 9.72. The Labute approximate surface area is 132 Å². The Morgan fingerprint density at radius 1 is 1.25 bits per heavy atom. The van der Waals surface area contributed by atoms with Gasteiger partial charge in [0.25, 0.3) is 0 Å². The van der Waals surface area contributed by atoms with Crippen LogP contribution in [-0.4, -0.2) is 42.7 Å². The van der Waals surface area contributed by atoms with E-state index in [1.54, 1.807) is 11.8 Å². The third kappa shape index (κ3) is 3.38. The summed E-state index contributed by atoms with van der Waals surface area (Å²) in [6, 6.07) is 8.26. The quantitative estimate of drug-likeness (QED) is 0.843. The maximum Gasteiger partial charge on any atom is 0.223 e. The zero-order chi connectivity index (χ0) is 13.9. The van der Waals surface area contributed by atoms with Crippen molar-refractivity contribution >= 4 is 33.6 Å². The molecule has 1 aromatic rings. The Morgan fingerprint density at radius 2 is 1.90 bits per heavy atom. The standard InChI is InChI=1S/C15H19BrN2OS/c16-13-1-3-14(4-2-13)20-6-5-15(19)18-9-11-7-17-8-12(11)10-18/h1-4,11-12,17H,5-10H2/t11-,12+. The summed E-state index contributed by atoms with van der Waals surface area (Å²) in [5.41, 5.74) is 0. The van der Waals surface area contributed by atoms with Crippen LogP contribution in [0.3, 0.4) is 0 Å². The number of likely N-dealkylation sites (tertiary alicyclic amines) is 1. The highest BCUT2D eigenvalue weighted by atomic mass is 79.9. The lowest BCUT2D eigenvalue weighted by Crippen LogP contribution is -2.32. The normalized spacial score (nSPS) is 24.9. The SMILES string of the molecule is O=C(CCSc1ccc(Br)cc1)N1C[C@H]2CNC[C@H]2C1. The summed E-state index contributed by atoms with van der Waals surface area (Å²) in [5, 5.41) is 3.41. The van der Waals surface area contributed by atoms with Gasteiger partial charge in [-0.15, -0.1) is 11.8 Å². The molecule has 0 aliphatic carbocycles. The average molecular weight is 355 g/mol. The first-order valence-corrected chi connectivity index (χ1v) is 8.87. The van der Waals surface area contributed by atoms with Crippen LogP contribution in [0.1, 0.15) is 6.42 Å². The molecule has 2 fully saturated rings. The third-order valence-electron chi connectivity index (χ3n) is 4.14. The predicted molar refractivity (Wildman–Crippen MR) is 85.9 cm³/mol. The van der Waals surface area contributed by atoms with E-state index in [-0.39, 0.29) is 0 Å². The van der Waals surface area contributed by atoms with Gasteiger partial charge in [0.2, 0.25) is 5.91 Å². The molecule has 3 nitrogen and oxygen atoms in total. The highest BCUT2D eigenvalue weighted by Crippen LogP contribution is 2.27. The summed E-state index contributed by atoms with van der Waals surface area (Å²) < 4.78 is 1.09. The van der Waals surface area contributed by atoms with Crippen molar-refractivity contribution in [2.45, 2.75) is 11.3 Å². The summed E-state index contributed by atoms with van der Waals surface area (Å²) in [5.74, 6) is 2.57. The van der Waals surface area contributed by atoms with Gasteiger partial charge in [0.05, 0.1) is 0 Å². The second-order valence-corrected chi connectivity index (χ2v) is 7.61. The Bertz CT molecular complexity index is 467. The van der Waals surface area contributed by atoms with Crippen LogP contribution >= 0.6 is 27.7 Å². The number of fused-ring (bicyclic) bond motifs is 1. The molecule has 0 bridgehead atoms. The summed E-state index contributed by atoms with van der Waals surface area (Å²) in [6.45, 7) is 4.09. The summed E-state index contributed by atoms with van der Waals surface area (Å²) in [6.07, 6.45) is 0.646. The number of amides is 1. The smallest absolute Gasteiger partial charge is 0.223 e. The van der Waals surface area contributed by atoms with Crippen LogP contribution in [0.4, 0.5) is 0 Å². The number of nitrogens with one attached hydrogen (secondary N) is 1. The fourth-order valence-corrected chi connectivity index (χ4v) is 4.11. The molecule has 2 aliphatic heterocycles. The van der Waals surface area contributed by atoms with Crippen molar-refractivity contribution in [2.75, 3.05) is 31.9 Å². The Morgan fingerprint density at radius 3 is 2.55 bits per heavy atom. The highest BCUT2D eigenvalue weighted by Gasteiger charge is 2.37. The van der Waals surface area contributed by atoms with Crippen molar-refractivity contribution < 1.29 is 4.79 Å². The Hall–Kier alpha value is -0.520. The predicted octanol–water partition coefficient (Wildman–Crippen LogP) is 2.61. The van der Waals surface area contributed by atoms with Crippen LogP contribution in [0.15, 0.2) is 33.6 Å². The molecule has 1 amide bonds. The molecular formula is C15H19BrN2OS. The molecule has 0 spiro atoms. The fraction of sp³-hybridized carbons (Fsp3) is 0.533. The number of thioether (sulfide) groups is 1. The zero-order valence-corrected chi connectivity index (χ0v) is 13.8. The highest BCUT2D eigenvalue weighted by molar-refractivity contribution is 9.10. The number of carbonyl (C=O) groups excluding carboxylic acids is 1. The number of benzene rings is 1. The van der Waals surface area contributed by atoms with E-state index >= 15 is 0 Å². The van der Waals surface area contributed by atoms with E-state index in [0.717, 1.165) is 36.4 Å². The lowest BCUT2D eigenvalue weighted by Gasteiger charge is -2.17. The summed E-state index contributed by atoms with van der Waals surface area (Å²) in [7, 11) is 0. The molecule has 3 rings (SSSR count). The number of hydrogen-bond acceptors (Lipinski definition) is 3. The van der Waals surface area contributed by atoms with Crippen molar-refractivity contribution in [2.24, 2.45) is 11.8 Å². The van der Waals surface area contributed by atoms with Gasteiger partial charge in [0.1, 0.15) is 0 Å². The topological polar surface area (TPSA) is 32.3 Å². The molecule has 1 N–H and O–H groups in total. The molecule has 0 aromatic heterocycles. The van der Waals surface area contributed by atoms with Crippen LogP contribution in [0.2, 0.25) is 0 Å². The third-order valence-corrected chi connectivity index (χ3v) is 5.68. The lowest BCUT2D eigenvalue weighted by molar-refractivity contribution is -0.129. The van der Waals surface area contributed by atoms with E-state index in [9.17, 15) is 4.79 Å². The second kappa shape index (κ2) is 6.50. The van der Waals surface area contributed by atoms with Gasteiger partial charge in [-0.2, -0.15) is 0 Å². The number of halogens is 1. The minimum absolute atomic E-state index is 0.323. The Kier molecular flexibility index (Phi) is 4.68. The minimum atomic E-state index is 0.323. The van der Waals surface area contributed by atoms with Gasteiger partial charge in [-0.3, -0.25) is 4.79 Å². The van der Waals surface area contributed by atoms with Gasteiger partial charge in [0.15, 0.2) is 0 Å². The van der Waals surface area contributed by atoms with Crippen LogP contribution in [0.25, 0.3) is 0 Å². The molecule has 0 saturated carbocycles. The number of rotatable bonds is 4. The van der Waals surface area contributed by atoms with E-state index in [4.69, 9.17) is 0 Å².